The molecule has 1 aliphatic heterocycles. The number of carbonyl (C=O) groups excluding carboxylic acids is 1. The number of hydrogen-bond donors (Lipinski definition) is 1. The van der Waals surface area contributed by atoms with Crippen molar-refractivity contribution in [3.8, 4) is 0 Å². The van der Waals surface area contributed by atoms with Gasteiger partial charge < -0.3 is 10.6 Å². The Morgan fingerprint density at radius 1 is 1.29 bits per heavy atom. The predicted molar refractivity (Wildman–Crippen MR) is 57.4 cm³/mol. The van der Waals surface area contributed by atoms with Crippen molar-refractivity contribution in [2.75, 3.05) is 31.1 Å². The number of likely N-dealkylation sites (tertiary alicyclic amines) is 1. The molecule has 0 saturated carbocycles. The molecule has 4 nitrogen and oxygen atoms in total. The minimum absolute atomic E-state index is 0.0245. The number of carbonyl (C=O) groups is 1. The molecule has 1 unspecified atom stereocenters. The number of amides is 1. The lowest BCUT2D eigenvalue weighted by molar-refractivity contribution is -0.129. The summed E-state index contributed by atoms with van der Waals surface area (Å²) < 4.78 is 11.3. The van der Waals surface area contributed by atoms with Crippen LogP contribution in [0.1, 0.15) is 19.3 Å². The summed E-state index contributed by atoms with van der Waals surface area (Å²) in [5.41, 5.74) is 5.27. The van der Waals surface area contributed by atoms with E-state index in [1.54, 1.807) is 0 Å². The Balaban J connectivity index is 2.29. The monoisotopic (exact) mass is 218 g/mol. The van der Waals surface area contributed by atoms with Gasteiger partial charge in [-0.3, -0.25) is 9.00 Å². The summed E-state index contributed by atoms with van der Waals surface area (Å²) in [6.07, 6.45) is 3.36. The van der Waals surface area contributed by atoms with Gasteiger partial charge in [-0.2, -0.15) is 0 Å². The molecule has 0 bridgehead atoms. The summed E-state index contributed by atoms with van der Waals surface area (Å²) in [6.45, 7) is 2.05. The fraction of sp³-hybridized carbons (Fsp3) is 0.889. The molecule has 1 amide bonds. The van der Waals surface area contributed by atoms with Crippen molar-refractivity contribution in [1.82, 2.24) is 4.90 Å². The van der Waals surface area contributed by atoms with Crippen LogP contribution in [0.2, 0.25) is 0 Å². The lowest BCUT2D eigenvalue weighted by Crippen LogP contribution is -2.38. The Kier molecular flexibility index (Phi) is 5.11. The van der Waals surface area contributed by atoms with Gasteiger partial charge in [-0.25, -0.2) is 0 Å². The van der Waals surface area contributed by atoms with Gasteiger partial charge in [0.1, 0.15) is 5.75 Å². The number of piperidine rings is 1. The standard InChI is InChI=1S/C9H18N2O2S/c10-4-7-14(13)8-9(12)11-5-2-1-3-6-11/h1-8,10H2. The Morgan fingerprint density at radius 3 is 2.50 bits per heavy atom. The van der Waals surface area contributed by atoms with Gasteiger partial charge >= 0.3 is 0 Å². The van der Waals surface area contributed by atoms with Crippen molar-refractivity contribution < 1.29 is 9.00 Å². The van der Waals surface area contributed by atoms with Crippen LogP contribution in [0.5, 0.6) is 0 Å². The molecule has 0 aromatic heterocycles. The van der Waals surface area contributed by atoms with Crippen molar-refractivity contribution in [3.05, 3.63) is 0 Å². The van der Waals surface area contributed by atoms with E-state index in [1.165, 1.54) is 6.42 Å². The van der Waals surface area contributed by atoms with E-state index in [0.29, 0.717) is 12.3 Å². The van der Waals surface area contributed by atoms with Gasteiger partial charge in [-0.1, -0.05) is 0 Å². The number of nitrogens with two attached hydrogens (primary N) is 1. The molecule has 0 aliphatic carbocycles. The molecule has 0 aromatic carbocycles. The average Bonchev–Trinajstić information content (AvgIpc) is 2.19. The van der Waals surface area contributed by atoms with Crippen LogP contribution < -0.4 is 5.73 Å². The summed E-state index contributed by atoms with van der Waals surface area (Å²) in [5, 5.41) is 0. The van der Waals surface area contributed by atoms with Crippen LogP contribution in [0.3, 0.4) is 0 Å². The molecule has 1 saturated heterocycles. The molecule has 1 heterocycles. The smallest absolute Gasteiger partial charge is 0.235 e. The van der Waals surface area contributed by atoms with Gasteiger partial charge in [-0.05, 0) is 19.3 Å². The summed E-state index contributed by atoms with van der Waals surface area (Å²) in [4.78, 5) is 13.4. The van der Waals surface area contributed by atoms with E-state index in [0.717, 1.165) is 25.9 Å². The van der Waals surface area contributed by atoms with Gasteiger partial charge in [0.25, 0.3) is 0 Å². The summed E-state index contributed by atoms with van der Waals surface area (Å²) in [5.74, 6) is 0.605. The maximum Gasteiger partial charge on any atom is 0.235 e. The van der Waals surface area contributed by atoms with Crippen molar-refractivity contribution in [2.24, 2.45) is 5.73 Å². The SMILES string of the molecule is NCCS(=O)CC(=O)N1CCCCC1. The Hall–Kier alpha value is -0.420. The van der Waals surface area contributed by atoms with E-state index in [4.69, 9.17) is 5.73 Å². The van der Waals surface area contributed by atoms with E-state index < -0.39 is 10.8 Å². The molecule has 1 aliphatic rings. The fourth-order valence-electron chi connectivity index (χ4n) is 1.58. The summed E-state index contributed by atoms with van der Waals surface area (Å²) >= 11 is 0. The first-order valence-electron chi connectivity index (χ1n) is 5.07. The highest BCUT2D eigenvalue weighted by Crippen LogP contribution is 2.08. The van der Waals surface area contributed by atoms with E-state index in [-0.39, 0.29) is 11.7 Å². The lowest BCUT2D eigenvalue weighted by atomic mass is 10.1. The Morgan fingerprint density at radius 2 is 1.93 bits per heavy atom. The first kappa shape index (κ1) is 11.7. The van der Waals surface area contributed by atoms with Crippen LogP contribution in [0.4, 0.5) is 0 Å². The largest absolute Gasteiger partial charge is 0.342 e. The quantitative estimate of drug-likeness (QED) is 0.705. The van der Waals surface area contributed by atoms with E-state index in [1.807, 2.05) is 4.90 Å². The zero-order valence-electron chi connectivity index (χ0n) is 8.41. The van der Waals surface area contributed by atoms with Gasteiger partial charge in [-0.15, -0.1) is 0 Å². The molecule has 0 radical (unpaired) electrons. The first-order chi connectivity index (χ1) is 6.74. The van der Waals surface area contributed by atoms with Gasteiger partial charge in [0.05, 0.1) is 0 Å². The molecule has 1 rings (SSSR count). The Labute approximate surface area is 87.3 Å². The molecular formula is C9H18N2O2S. The molecule has 1 fully saturated rings. The summed E-state index contributed by atoms with van der Waals surface area (Å²) in [7, 11) is -1.07. The van der Waals surface area contributed by atoms with Crippen molar-refractivity contribution in [2.45, 2.75) is 19.3 Å². The molecule has 5 heteroatoms. The third-order valence-corrected chi connectivity index (χ3v) is 3.60. The van der Waals surface area contributed by atoms with Crippen molar-refractivity contribution in [1.29, 1.82) is 0 Å². The van der Waals surface area contributed by atoms with Crippen LogP contribution in [0, 0.1) is 0 Å². The van der Waals surface area contributed by atoms with Crippen LogP contribution in [-0.4, -0.2) is 46.2 Å². The molecule has 82 valence electrons. The van der Waals surface area contributed by atoms with E-state index in [2.05, 4.69) is 0 Å². The third-order valence-electron chi connectivity index (χ3n) is 2.34. The van der Waals surface area contributed by atoms with Gasteiger partial charge in [0.2, 0.25) is 5.91 Å². The molecule has 14 heavy (non-hydrogen) atoms. The lowest BCUT2D eigenvalue weighted by Gasteiger charge is -2.26. The highest BCUT2D eigenvalue weighted by Gasteiger charge is 2.17. The minimum Gasteiger partial charge on any atom is -0.342 e. The minimum atomic E-state index is -1.07. The topological polar surface area (TPSA) is 63.4 Å². The zero-order valence-corrected chi connectivity index (χ0v) is 9.22. The maximum atomic E-state index is 11.6. The van der Waals surface area contributed by atoms with Gasteiger partial charge in [0.15, 0.2) is 0 Å². The second kappa shape index (κ2) is 6.14. The number of rotatable bonds is 4. The molecular weight excluding hydrogens is 200 g/mol. The highest BCUT2D eigenvalue weighted by molar-refractivity contribution is 7.85. The van der Waals surface area contributed by atoms with Crippen LogP contribution in [0.15, 0.2) is 0 Å². The average molecular weight is 218 g/mol. The summed E-state index contributed by atoms with van der Waals surface area (Å²) in [6, 6.07) is 0. The van der Waals surface area contributed by atoms with E-state index >= 15 is 0 Å². The van der Waals surface area contributed by atoms with Crippen LogP contribution in [0.25, 0.3) is 0 Å². The van der Waals surface area contributed by atoms with Crippen molar-refractivity contribution >= 4 is 16.7 Å². The fourth-order valence-corrected chi connectivity index (χ4v) is 2.44. The first-order valence-corrected chi connectivity index (χ1v) is 6.55. The molecule has 0 aromatic rings. The second-order valence-corrected chi connectivity index (χ2v) is 5.09. The highest BCUT2D eigenvalue weighted by atomic mass is 32.2. The normalized spacial score (nSPS) is 19.4. The van der Waals surface area contributed by atoms with Crippen molar-refractivity contribution in [3.63, 3.8) is 0 Å². The van der Waals surface area contributed by atoms with Gasteiger partial charge in [0, 0.05) is 36.2 Å². The maximum absolute atomic E-state index is 11.6. The molecule has 1 atom stereocenters. The van der Waals surface area contributed by atoms with E-state index in [9.17, 15) is 9.00 Å². The Bertz CT molecular complexity index is 215. The third kappa shape index (κ3) is 3.75. The molecule has 0 spiro atoms. The number of hydrogen-bond acceptors (Lipinski definition) is 3. The number of nitrogens with zero attached hydrogens (tertiary/aromatic N) is 1. The van der Waals surface area contributed by atoms with Crippen LogP contribution >= 0.6 is 0 Å². The zero-order chi connectivity index (χ0) is 10.4. The second-order valence-electron chi connectivity index (χ2n) is 3.52. The molecule has 2 N–H and O–H groups in total. The van der Waals surface area contributed by atoms with Crippen LogP contribution in [-0.2, 0) is 15.6 Å². The predicted octanol–water partition coefficient (Wildman–Crippen LogP) is -0.294.